The Balaban J connectivity index is 1.56. The topological polar surface area (TPSA) is 127 Å². The van der Waals surface area contributed by atoms with Crippen molar-refractivity contribution in [3.63, 3.8) is 0 Å². The molecule has 1 aliphatic heterocycles. The molecule has 2 aromatic heterocycles. The van der Waals surface area contributed by atoms with Crippen molar-refractivity contribution >= 4 is 74.0 Å². The number of amides is 2. The number of hydrogen-bond acceptors (Lipinski definition) is 9. The van der Waals surface area contributed by atoms with Crippen molar-refractivity contribution in [3.8, 4) is 16.4 Å². The third-order valence-electron chi connectivity index (χ3n) is 8.44. The van der Waals surface area contributed by atoms with Crippen LogP contribution in [0.25, 0.3) is 16.4 Å². The van der Waals surface area contributed by atoms with Crippen LogP contribution in [0.15, 0.2) is 46.7 Å². The average Bonchev–Trinajstić information content (AvgIpc) is 3.64. The first-order chi connectivity index (χ1) is 24.5. The van der Waals surface area contributed by atoms with E-state index in [0.29, 0.717) is 69.3 Å². The number of piperidine rings is 1. The number of benzene rings is 2. The SMILES string of the molecule is CCCSc1sc(-n2nc(C)c(Cc3ccccc3NS(C)(=O)=O)c2C(=O)N2CCC(N(C)C(=O)OC(C)(C)C)CC2)nc1-c1ccc(Cl)c(Cl)c1. The second kappa shape index (κ2) is 16.4. The number of rotatable bonds is 11. The zero-order chi connectivity index (χ0) is 38.0. The van der Waals surface area contributed by atoms with Crippen molar-refractivity contribution in [1.29, 1.82) is 0 Å². The van der Waals surface area contributed by atoms with Crippen LogP contribution in [0.2, 0.25) is 10.0 Å². The van der Waals surface area contributed by atoms with E-state index in [0.717, 1.165) is 33.9 Å². The molecule has 0 saturated carbocycles. The Morgan fingerprint density at radius 3 is 2.44 bits per heavy atom. The standard InChI is InChI=1S/C36H44Cl2N6O5S3/c1-8-19-50-33-30(24-13-14-27(37)28(38)21-24)39-34(51-33)44-31(26(22(2)40-44)20-23-11-9-10-12-29(23)41-52(7,47)48)32(45)43-17-15-25(16-18-43)42(6)35(46)49-36(3,4)5/h9-14,21,25,41H,8,15-20H2,1-7H3. The van der Waals surface area contributed by atoms with E-state index in [9.17, 15) is 18.0 Å². The summed E-state index contributed by atoms with van der Waals surface area (Å²) in [5.74, 6) is 0.638. The first kappa shape index (κ1) is 39.9. The lowest BCUT2D eigenvalue weighted by molar-refractivity contribution is 0.0155. The minimum Gasteiger partial charge on any atom is -0.444 e. The van der Waals surface area contributed by atoms with E-state index >= 15 is 0 Å². The second-order valence-electron chi connectivity index (χ2n) is 13.8. The summed E-state index contributed by atoms with van der Waals surface area (Å²) >= 11 is 15.8. The first-order valence-electron chi connectivity index (χ1n) is 16.9. The predicted molar refractivity (Wildman–Crippen MR) is 211 cm³/mol. The number of thiazole rings is 1. The van der Waals surface area contributed by atoms with Gasteiger partial charge >= 0.3 is 6.09 Å². The third-order valence-corrected chi connectivity index (χ3v) is 12.3. The number of sulfonamides is 1. The van der Waals surface area contributed by atoms with Gasteiger partial charge in [0.25, 0.3) is 5.91 Å². The number of thioether (sulfide) groups is 1. The predicted octanol–water partition coefficient (Wildman–Crippen LogP) is 8.55. The Kier molecular flexibility index (Phi) is 12.6. The molecule has 2 amide bonds. The van der Waals surface area contributed by atoms with Crippen LogP contribution in [0.3, 0.4) is 0 Å². The summed E-state index contributed by atoms with van der Waals surface area (Å²) in [5.41, 5.74) is 3.65. The molecule has 0 spiro atoms. The number of aryl methyl sites for hydroxylation is 1. The number of aromatic nitrogens is 3. The Hall–Kier alpha value is -3.30. The quantitative estimate of drug-likeness (QED) is 0.150. The van der Waals surface area contributed by atoms with Gasteiger partial charge in [-0.1, -0.05) is 65.7 Å². The van der Waals surface area contributed by atoms with Crippen molar-refractivity contribution in [2.24, 2.45) is 0 Å². The normalized spacial score (nSPS) is 14.1. The van der Waals surface area contributed by atoms with Crippen LogP contribution >= 0.6 is 46.3 Å². The van der Waals surface area contributed by atoms with Crippen molar-refractivity contribution in [2.75, 3.05) is 36.9 Å². The molecule has 52 heavy (non-hydrogen) atoms. The van der Waals surface area contributed by atoms with Crippen molar-refractivity contribution in [2.45, 2.75) is 76.2 Å². The van der Waals surface area contributed by atoms with Crippen molar-refractivity contribution in [1.82, 2.24) is 24.6 Å². The minimum atomic E-state index is -3.57. The van der Waals surface area contributed by atoms with Gasteiger partial charge in [-0.2, -0.15) is 9.78 Å². The van der Waals surface area contributed by atoms with E-state index < -0.39 is 21.7 Å². The molecule has 1 fully saturated rings. The molecule has 2 aromatic carbocycles. The summed E-state index contributed by atoms with van der Waals surface area (Å²) < 4.78 is 35.3. The molecule has 1 saturated heterocycles. The zero-order valence-electron chi connectivity index (χ0n) is 30.3. The molecule has 1 aliphatic rings. The van der Waals surface area contributed by atoms with Gasteiger partial charge in [0.1, 0.15) is 11.3 Å². The van der Waals surface area contributed by atoms with Crippen LogP contribution in [0.1, 0.15) is 74.3 Å². The molecule has 5 rings (SSSR count). The highest BCUT2D eigenvalue weighted by atomic mass is 35.5. The highest BCUT2D eigenvalue weighted by Gasteiger charge is 2.34. The van der Waals surface area contributed by atoms with E-state index in [2.05, 4.69) is 11.6 Å². The second-order valence-corrected chi connectivity index (χ2v) is 18.7. The Bertz CT molecular complexity index is 2050. The number of para-hydroxylation sites is 1. The van der Waals surface area contributed by atoms with Gasteiger partial charge in [-0.15, -0.1) is 11.8 Å². The highest BCUT2D eigenvalue weighted by Crippen LogP contribution is 2.40. The fraction of sp³-hybridized carbons (Fsp3) is 0.444. The summed E-state index contributed by atoms with van der Waals surface area (Å²) in [5, 5.41) is 6.28. The maximum atomic E-state index is 14.7. The molecular weight excluding hydrogens is 764 g/mol. The fourth-order valence-electron chi connectivity index (χ4n) is 5.89. The lowest BCUT2D eigenvalue weighted by atomic mass is 9.99. The van der Waals surface area contributed by atoms with E-state index in [1.807, 2.05) is 45.9 Å². The van der Waals surface area contributed by atoms with Gasteiger partial charge in [0.05, 0.1) is 37.6 Å². The number of ether oxygens (including phenoxy) is 1. The van der Waals surface area contributed by atoms with Gasteiger partial charge in [0.15, 0.2) is 0 Å². The highest BCUT2D eigenvalue weighted by molar-refractivity contribution is 8.01. The largest absolute Gasteiger partial charge is 0.444 e. The molecule has 0 radical (unpaired) electrons. The van der Waals surface area contributed by atoms with Crippen molar-refractivity contribution in [3.05, 3.63) is 75.0 Å². The summed E-state index contributed by atoms with van der Waals surface area (Å²) in [6.45, 7) is 10.3. The summed E-state index contributed by atoms with van der Waals surface area (Å²) in [6, 6.07) is 12.4. The van der Waals surface area contributed by atoms with Gasteiger partial charge in [-0.05, 0) is 76.5 Å². The smallest absolute Gasteiger partial charge is 0.410 e. The molecular formula is C36H44Cl2N6O5S3. The van der Waals surface area contributed by atoms with Crippen LogP contribution in [-0.4, -0.2) is 88.8 Å². The first-order valence-corrected chi connectivity index (χ1v) is 21.4. The third kappa shape index (κ3) is 9.62. The number of likely N-dealkylation sites (tertiary alicyclic amines) is 1. The average molecular weight is 808 g/mol. The monoisotopic (exact) mass is 806 g/mol. The summed E-state index contributed by atoms with van der Waals surface area (Å²) in [4.78, 5) is 36.0. The zero-order valence-corrected chi connectivity index (χ0v) is 34.3. The fourth-order valence-corrected chi connectivity index (χ4v) is 8.96. The molecule has 16 heteroatoms. The van der Waals surface area contributed by atoms with Crippen LogP contribution in [-0.2, 0) is 21.2 Å². The number of anilines is 1. The van der Waals surface area contributed by atoms with E-state index in [1.165, 1.54) is 11.3 Å². The van der Waals surface area contributed by atoms with Gasteiger partial charge < -0.3 is 14.5 Å². The van der Waals surface area contributed by atoms with Gasteiger partial charge in [0, 0.05) is 43.7 Å². The Labute approximate surface area is 324 Å². The van der Waals surface area contributed by atoms with Crippen LogP contribution in [0, 0.1) is 6.92 Å². The van der Waals surface area contributed by atoms with E-state index in [4.69, 9.17) is 38.0 Å². The van der Waals surface area contributed by atoms with Crippen LogP contribution in [0.5, 0.6) is 0 Å². The molecule has 1 N–H and O–H groups in total. The number of nitrogens with zero attached hydrogens (tertiary/aromatic N) is 5. The Morgan fingerprint density at radius 2 is 1.81 bits per heavy atom. The van der Waals surface area contributed by atoms with Crippen molar-refractivity contribution < 1.29 is 22.7 Å². The molecule has 0 bridgehead atoms. The maximum Gasteiger partial charge on any atom is 0.410 e. The molecule has 280 valence electrons. The Morgan fingerprint density at radius 1 is 1.12 bits per heavy atom. The molecule has 3 heterocycles. The number of carbonyl (C=O) groups excluding carboxylic acids is 2. The molecule has 11 nitrogen and oxygen atoms in total. The number of halogens is 2. The molecule has 0 unspecified atom stereocenters. The number of carbonyl (C=O) groups is 2. The van der Waals surface area contributed by atoms with E-state index in [1.54, 1.807) is 57.6 Å². The van der Waals surface area contributed by atoms with Gasteiger partial charge in [-0.3, -0.25) is 9.52 Å². The summed E-state index contributed by atoms with van der Waals surface area (Å²) in [6.07, 6.45) is 3.05. The molecule has 4 aromatic rings. The molecule has 0 aliphatic carbocycles. The van der Waals surface area contributed by atoms with E-state index in [-0.39, 0.29) is 18.4 Å². The lowest BCUT2D eigenvalue weighted by Gasteiger charge is -2.37. The minimum absolute atomic E-state index is 0.0927. The lowest BCUT2D eigenvalue weighted by Crippen LogP contribution is -2.48. The van der Waals surface area contributed by atoms with Crippen LogP contribution in [0.4, 0.5) is 10.5 Å². The molecule has 0 atom stereocenters. The van der Waals surface area contributed by atoms with Crippen LogP contribution < -0.4 is 4.72 Å². The maximum absolute atomic E-state index is 14.7. The summed E-state index contributed by atoms with van der Waals surface area (Å²) in [7, 11) is -1.83. The number of nitrogens with one attached hydrogen (secondary N) is 1. The van der Waals surface area contributed by atoms with Gasteiger partial charge in [-0.25, -0.2) is 18.2 Å². The number of hydrogen-bond donors (Lipinski definition) is 1. The van der Waals surface area contributed by atoms with Gasteiger partial charge in [0.2, 0.25) is 15.2 Å².